The third kappa shape index (κ3) is 5.45. The number of ether oxygens (including phenoxy) is 1. The van der Waals surface area contributed by atoms with Crippen molar-refractivity contribution in [3.63, 3.8) is 0 Å². The number of hydrogen-bond donors (Lipinski definition) is 2. The molecule has 0 radical (unpaired) electrons. The van der Waals surface area contributed by atoms with Crippen LogP contribution in [-0.4, -0.2) is 45.2 Å². The lowest BCUT2D eigenvalue weighted by molar-refractivity contribution is 0.288. The molecule has 0 fully saturated rings. The molecule has 0 aliphatic rings. The van der Waals surface area contributed by atoms with Gasteiger partial charge in [0.1, 0.15) is 17.9 Å². The molecule has 4 heterocycles. The zero-order valence-electron chi connectivity index (χ0n) is 23.5. The first kappa shape index (κ1) is 28.1. The summed E-state index contributed by atoms with van der Waals surface area (Å²) in [5, 5.41) is 4.29. The first-order valence-corrected chi connectivity index (χ1v) is 15.0. The van der Waals surface area contributed by atoms with Crippen molar-refractivity contribution >= 4 is 27.0 Å². The zero-order valence-corrected chi connectivity index (χ0v) is 24.3. The Morgan fingerprint density at radius 1 is 0.977 bits per heavy atom. The van der Waals surface area contributed by atoms with Gasteiger partial charge in [0.2, 0.25) is 0 Å². The number of pyridine rings is 1. The second-order valence-corrected chi connectivity index (χ2v) is 11.9. The fourth-order valence-corrected chi connectivity index (χ4v) is 6.11. The van der Waals surface area contributed by atoms with Crippen molar-refractivity contribution in [1.29, 1.82) is 0 Å². The Labute approximate surface area is 248 Å². The van der Waals surface area contributed by atoms with Crippen molar-refractivity contribution in [2.75, 3.05) is 12.3 Å². The van der Waals surface area contributed by atoms with Gasteiger partial charge < -0.3 is 20.6 Å². The van der Waals surface area contributed by atoms with Crippen molar-refractivity contribution in [1.82, 2.24) is 24.1 Å². The Morgan fingerprint density at radius 3 is 2.40 bits per heavy atom. The van der Waals surface area contributed by atoms with Gasteiger partial charge in [-0.2, -0.15) is 13.5 Å². The fraction of sp³-hybridized carbons (Fsp3) is 0.161. The van der Waals surface area contributed by atoms with Crippen molar-refractivity contribution in [3.8, 4) is 28.3 Å². The maximum atomic E-state index is 13.4. The number of benzene rings is 2. The molecule has 0 aliphatic carbocycles. The molecule has 1 atom stereocenters. The summed E-state index contributed by atoms with van der Waals surface area (Å²) in [5.41, 5.74) is 16.9. The van der Waals surface area contributed by atoms with E-state index in [-0.39, 0.29) is 29.0 Å². The van der Waals surface area contributed by atoms with Crippen LogP contribution in [0.4, 0.5) is 5.82 Å². The molecule has 0 saturated carbocycles. The standard InChI is InChI=1S/C31H29N7O4S/c1-19-28-31(38(37-19)43(39,40)23-11-7-4-8-12-23)34-17-26(35-28)25-16-27(30(33)36-29(25)24-13-14-41-20(24)2)42-18-22(32)15-21-9-5-3-6-10-21/h3-14,16-17,22H,15,18,32H2,1-2H3,(H2,33,36)/t22-/m0/s1. The molecule has 2 aromatic carbocycles. The van der Waals surface area contributed by atoms with Crippen LogP contribution >= 0.6 is 0 Å². The summed E-state index contributed by atoms with van der Waals surface area (Å²) in [6.07, 6.45) is 3.68. The summed E-state index contributed by atoms with van der Waals surface area (Å²) in [4.78, 5) is 14.1. The molecular weight excluding hydrogens is 566 g/mol. The summed E-state index contributed by atoms with van der Waals surface area (Å²) in [7, 11) is -3.99. The van der Waals surface area contributed by atoms with Crippen LogP contribution in [0.5, 0.6) is 5.75 Å². The number of aryl methyl sites for hydroxylation is 2. The highest BCUT2D eigenvalue weighted by atomic mass is 32.2. The molecule has 0 unspecified atom stereocenters. The number of nitrogens with two attached hydrogens (primary N) is 2. The Hall–Kier alpha value is -5.07. The number of anilines is 1. The first-order valence-electron chi connectivity index (χ1n) is 13.5. The quantitative estimate of drug-likeness (QED) is 0.242. The summed E-state index contributed by atoms with van der Waals surface area (Å²) in [6, 6.07) is 21.2. The van der Waals surface area contributed by atoms with E-state index in [1.165, 1.54) is 18.3 Å². The lowest BCUT2D eigenvalue weighted by atomic mass is 10.0. The third-order valence-electron chi connectivity index (χ3n) is 6.99. The van der Waals surface area contributed by atoms with E-state index in [0.29, 0.717) is 46.1 Å². The predicted octanol–water partition coefficient (Wildman–Crippen LogP) is 4.53. The molecule has 0 bridgehead atoms. The van der Waals surface area contributed by atoms with Gasteiger partial charge in [-0.1, -0.05) is 48.5 Å². The van der Waals surface area contributed by atoms with Gasteiger partial charge in [0.25, 0.3) is 10.0 Å². The van der Waals surface area contributed by atoms with Crippen LogP contribution in [0.3, 0.4) is 0 Å². The Balaban J connectivity index is 1.40. The molecular formula is C31H29N7O4S. The van der Waals surface area contributed by atoms with Crippen LogP contribution < -0.4 is 16.2 Å². The topological polar surface area (TPSA) is 165 Å². The van der Waals surface area contributed by atoms with Crippen molar-refractivity contribution in [2.45, 2.75) is 31.2 Å². The second-order valence-electron chi connectivity index (χ2n) is 10.1. The molecule has 0 saturated heterocycles. The van der Waals surface area contributed by atoms with E-state index < -0.39 is 10.0 Å². The number of hydrogen-bond acceptors (Lipinski definition) is 10. The average Bonchev–Trinajstić information content (AvgIpc) is 3.60. The number of nitrogen functional groups attached to an aromatic ring is 1. The van der Waals surface area contributed by atoms with Crippen molar-refractivity contribution < 1.29 is 17.6 Å². The van der Waals surface area contributed by atoms with Gasteiger partial charge in [-0.15, -0.1) is 4.09 Å². The fourth-order valence-electron chi connectivity index (χ4n) is 4.81. The molecule has 218 valence electrons. The Morgan fingerprint density at radius 2 is 1.70 bits per heavy atom. The van der Waals surface area contributed by atoms with E-state index in [4.69, 9.17) is 25.6 Å². The van der Waals surface area contributed by atoms with Crippen LogP contribution in [-0.2, 0) is 16.4 Å². The molecule has 4 N–H and O–H groups in total. The third-order valence-corrected chi connectivity index (χ3v) is 8.56. The summed E-state index contributed by atoms with van der Waals surface area (Å²) < 4.78 is 39.2. The smallest absolute Gasteiger partial charge is 0.285 e. The van der Waals surface area contributed by atoms with Gasteiger partial charge in [0.05, 0.1) is 34.4 Å². The van der Waals surface area contributed by atoms with E-state index >= 15 is 0 Å². The minimum absolute atomic E-state index is 0.0954. The van der Waals surface area contributed by atoms with Crippen LogP contribution in [0.15, 0.2) is 94.6 Å². The lowest BCUT2D eigenvalue weighted by Gasteiger charge is -2.17. The molecule has 4 aromatic heterocycles. The van der Waals surface area contributed by atoms with Crippen LogP contribution in [0.25, 0.3) is 33.7 Å². The van der Waals surface area contributed by atoms with Gasteiger partial charge in [0, 0.05) is 17.2 Å². The van der Waals surface area contributed by atoms with Gasteiger partial charge in [-0.05, 0) is 50.1 Å². The molecule has 6 rings (SSSR count). The first-order chi connectivity index (χ1) is 20.7. The Bertz CT molecular complexity index is 2020. The predicted molar refractivity (Wildman–Crippen MR) is 163 cm³/mol. The van der Waals surface area contributed by atoms with Gasteiger partial charge in [-0.25, -0.2) is 15.0 Å². The molecule has 6 aromatic rings. The molecule has 11 nitrogen and oxygen atoms in total. The van der Waals surface area contributed by atoms with Crippen molar-refractivity contribution in [2.24, 2.45) is 5.73 Å². The van der Waals surface area contributed by atoms with Gasteiger partial charge >= 0.3 is 0 Å². The van der Waals surface area contributed by atoms with Crippen molar-refractivity contribution in [3.05, 3.63) is 102 Å². The van der Waals surface area contributed by atoms with E-state index in [1.54, 1.807) is 43.5 Å². The second kappa shape index (κ2) is 11.3. The highest BCUT2D eigenvalue weighted by Crippen LogP contribution is 2.37. The highest BCUT2D eigenvalue weighted by Gasteiger charge is 2.25. The van der Waals surface area contributed by atoms with E-state index in [1.807, 2.05) is 37.3 Å². The molecule has 43 heavy (non-hydrogen) atoms. The summed E-state index contributed by atoms with van der Waals surface area (Å²) in [6.45, 7) is 3.71. The number of fused-ring (bicyclic) bond motifs is 1. The number of rotatable bonds is 9. The number of furan rings is 1. The van der Waals surface area contributed by atoms with E-state index in [2.05, 4.69) is 15.1 Å². The summed E-state index contributed by atoms with van der Waals surface area (Å²) >= 11 is 0. The zero-order chi connectivity index (χ0) is 30.1. The molecule has 0 amide bonds. The Kier molecular flexibility index (Phi) is 7.38. The average molecular weight is 596 g/mol. The normalized spacial score (nSPS) is 12.4. The van der Waals surface area contributed by atoms with Gasteiger partial charge in [-0.3, -0.25) is 0 Å². The van der Waals surface area contributed by atoms with Crippen LogP contribution in [0.1, 0.15) is 17.0 Å². The maximum Gasteiger partial charge on any atom is 0.285 e. The monoisotopic (exact) mass is 595 g/mol. The molecule has 0 aliphatic heterocycles. The maximum absolute atomic E-state index is 13.4. The van der Waals surface area contributed by atoms with Crippen LogP contribution in [0.2, 0.25) is 0 Å². The van der Waals surface area contributed by atoms with E-state index in [9.17, 15) is 8.42 Å². The minimum atomic E-state index is -3.99. The number of nitrogens with zero attached hydrogens (tertiary/aromatic N) is 5. The molecule has 12 heteroatoms. The van der Waals surface area contributed by atoms with Crippen LogP contribution in [0, 0.1) is 13.8 Å². The largest absolute Gasteiger partial charge is 0.488 e. The lowest BCUT2D eigenvalue weighted by Crippen LogP contribution is -2.30. The van der Waals surface area contributed by atoms with Gasteiger partial charge in [0.15, 0.2) is 17.2 Å². The molecule has 0 spiro atoms. The number of aromatic nitrogens is 5. The summed E-state index contributed by atoms with van der Waals surface area (Å²) in [5.74, 6) is 1.15. The minimum Gasteiger partial charge on any atom is -0.488 e. The SMILES string of the molecule is Cc1occc1-c1nc(N)c(OC[C@@H](N)Cc2ccccc2)cc1-c1cnc2c(n1)c(C)nn2S(=O)(=O)c1ccccc1. The van der Waals surface area contributed by atoms with E-state index in [0.717, 1.165) is 15.2 Å². The highest BCUT2D eigenvalue weighted by molar-refractivity contribution is 7.90.